The lowest BCUT2D eigenvalue weighted by molar-refractivity contribution is -0.131. The fourth-order valence-electron chi connectivity index (χ4n) is 3.27. The van der Waals surface area contributed by atoms with Crippen molar-refractivity contribution in [3.63, 3.8) is 0 Å². The van der Waals surface area contributed by atoms with Crippen molar-refractivity contribution in [2.24, 2.45) is 0 Å². The van der Waals surface area contributed by atoms with Gasteiger partial charge in [-0.25, -0.2) is 17.5 Å². The molecule has 1 amide bonds. The Hall–Kier alpha value is -2.26. The number of carbonyl (C=O) groups excluding carboxylic acids is 1. The molecule has 0 aliphatic carbocycles. The van der Waals surface area contributed by atoms with Crippen molar-refractivity contribution in [1.29, 1.82) is 0 Å². The van der Waals surface area contributed by atoms with Crippen LogP contribution in [0.2, 0.25) is 0 Å². The number of likely N-dealkylation sites (tertiary alicyclic amines) is 1. The molecular formula is C18H22FN3O4S. The Morgan fingerprint density at radius 1 is 1.26 bits per heavy atom. The third-order valence-electron chi connectivity index (χ3n) is 4.67. The zero-order valence-electron chi connectivity index (χ0n) is 15.2. The van der Waals surface area contributed by atoms with Crippen LogP contribution in [0.15, 0.2) is 33.7 Å². The molecule has 0 bridgehead atoms. The molecule has 0 unspecified atom stereocenters. The first kappa shape index (κ1) is 19.5. The van der Waals surface area contributed by atoms with E-state index < -0.39 is 10.0 Å². The molecular weight excluding hydrogens is 373 g/mol. The van der Waals surface area contributed by atoms with Gasteiger partial charge in [0, 0.05) is 19.1 Å². The van der Waals surface area contributed by atoms with Crippen LogP contribution in [0.25, 0.3) is 0 Å². The number of nitrogens with zero attached hydrogens (tertiary/aromatic N) is 2. The summed E-state index contributed by atoms with van der Waals surface area (Å²) in [5.41, 5.74) is 1.08. The van der Waals surface area contributed by atoms with Crippen LogP contribution >= 0.6 is 0 Å². The van der Waals surface area contributed by atoms with Crippen molar-refractivity contribution in [3.8, 4) is 0 Å². The van der Waals surface area contributed by atoms with Crippen molar-refractivity contribution in [2.75, 3.05) is 13.1 Å². The van der Waals surface area contributed by atoms with Gasteiger partial charge in [-0.3, -0.25) is 4.79 Å². The maximum Gasteiger partial charge on any atom is 0.246 e. The fraction of sp³-hybridized carbons (Fsp3) is 0.444. The molecule has 2 aromatic rings. The Balaban J connectivity index is 1.55. The summed E-state index contributed by atoms with van der Waals surface area (Å²) in [5.74, 6) is -0.127. The highest BCUT2D eigenvalue weighted by atomic mass is 32.2. The van der Waals surface area contributed by atoms with Crippen molar-refractivity contribution < 1.29 is 22.1 Å². The van der Waals surface area contributed by atoms with Gasteiger partial charge in [0.1, 0.15) is 16.4 Å². The Morgan fingerprint density at radius 3 is 2.44 bits per heavy atom. The van der Waals surface area contributed by atoms with Gasteiger partial charge >= 0.3 is 0 Å². The highest BCUT2D eigenvalue weighted by molar-refractivity contribution is 7.89. The normalized spacial score (nSPS) is 15.9. The molecule has 0 spiro atoms. The van der Waals surface area contributed by atoms with Gasteiger partial charge in [-0.15, -0.1) is 0 Å². The minimum atomic E-state index is -3.71. The number of hydrogen-bond acceptors (Lipinski definition) is 5. The quantitative estimate of drug-likeness (QED) is 0.835. The van der Waals surface area contributed by atoms with E-state index in [9.17, 15) is 17.6 Å². The van der Waals surface area contributed by atoms with E-state index >= 15 is 0 Å². The molecule has 7 nitrogen and oxygen atoms in total. The number of piperidine rings is 1. The van der Waals surface area contributed by atoms with E-state index in [-0.39, 0.29) is 34.8 Å². The smallest absolute Gasteiger partial charge is 0.246 e. The zero-order valence-corrected chi connectivity index (χ0v) is 16.1. The van der Waals surface area contributed by atoms with Gasteiger partial charge in [-0.2, -0.15) is 0 Å². The summed E-state index contributed by atoms with van der Waals surface area (Å²) in [6.45, 7) is 4.08. The van der Waals surface area contributed by atoms with Gasteiger partial charge in [0.25, 0.3) is 0 Å². The molecule has 3 rings (SSSR count). The monoisotopic (exact) mass is 395 g/mol. The predicted molar refractivity (Wildman–Crippen MR) is 96.0 cm³/mol. The number of aromatic nitrogens is 1. The van der Waals surface area contributed by atoms with E-state index in [1.54, 1.807) is 30.9 Å². The molecule has 1 aromatic carbocycles. The maximum absolute atomic E-state index is 12.9. The van der Waals surface area contributed by atoms with Crippen LogP contribution in [-0.2, 0) is 21.2 Å². The van der Waals surface area contributed by atoms with Crippen molar-refractivity contribution in [1.82, 2.24) is 14.8 Å². The second-order valence-corrected chi connectivity index (χ2v) is 8.38. The number of carbonyl (C=O) groups is 1. The molecule has 146 valence electrons. The molecule has 0 atom stereocenters. The van der Waals surface area contributed by atoms with Crippen molar-refractivity contribution >= 4 is 15.9 Å². The van der Waals surface area contributed by atoms with Crippen LogP contribution in [0.5, 0.6) is 0 Å². The summed E-state index contributed by atoms with van der Waals surface area (Å²) in [7, 11) is -3.71. The Morgan fingerprint density at radius 2 is 1.89 bits per heavy atom. The average Bonchev–Trinajstić information content (AvgIpc) is 2.96. The van der Waals surface area contributed by atoms with Gasteiger partial charge in [0.15, 0.2) is 5.76 Å². The molecule has 2 heterocycles. The number of benzene rings is 1. The van der Waals surface area contributed by atoms with Gasteiger partial charge in [-0.05, 0) is 44.4 Å². The Bertz CT molecular complexity index is 897. The minimum absolute atomic E-state index is 0.0476. The number of rotatable bonds is 5. The summed E-state index contributed by atoms with van der Waals surface area (Å²) in [6, 6.07) is 5.60. The van der Waals surface area contributed by atoms with Crippen LogP contribution in [0.1, 0.15) is 29.9 Å². The van der Waals surface area contributed by atoms with E-state index in [4.69, 9.17) is 4.52 Å². The molecule has 1 aliphatic heterocycles. The molecule has 0 radical (unpaired) electrons. The standard InChI is InChI=1S/C18H22FN3O4S/c1-12-18(13(2)26-20-12)27(24,25)21-16-7-9-22(10-8-16)17(23)11-14-3-5-15(19)6-4-14/h3-6,16,21H,7-11H2,1-2H3. The molecule has 0 saturated carbocycles. The predicted octanol–water partition coefficient (Wildman–Crippen LogP) is 1.94. The van der Waals surface area contributed by atoms with Crippen molar-refractivity contribution in [2.45, 2.75) is 44.0 Å². The first-order chi connectivity index (χ1) is 12.8. The molecule has 1 saturated heterocycles. The number of amides is 1. The van der Waals surface area contributed by atoms with E-state index in [1.807, 2.05) is 0 Å². The third-order valence-corrected chi connectivity index (χ3v) is 6.44. The van der Waals surface area contributed by atoms with Crippen LogP contribution in [0.4, 0.5) is 4.39 Å². The SMILES string of the molecule is Cc1noc(C)c1S(=O)(=O)NC1CCN(C(=O)Cc2ccc(F)cc2)CC1. The lowest BCUT2D eigenvalue weighted by Gasteiger charge is -2.32. The van der Waals surface area contributed by atoms with Crippen LogP contribution in [0, 0.1) is 19.7 Å². The molecule has 1 fully saturated rings. The maximum atomic E-state index is 12.9. The van der Waals surface area contributed by atoms with E-state index in [0.717, 1.165) is 5.56 Å². The second-order valence-electron chi connectivity index (χ2n) is 6.73. The largest absolute Gasteiger partial charge is 0.360 e. The zero-order chi connectivity index (χ0) is 19.6. The highest BCUT2D eigenvalue weighted by Gasteiger charge is 2.30. The van der Waals surface area contributed by atoms with Gasteiger partial charge in [0.05, 0.1) is 6.42 Å². The summed E-state index contributed by atoms with van der Waals surface area (Å²) < 4.78 is 45.7. The lowest BCUT2D eigenvalue weighted by Crippen LogP contribution is -2.47. The summed E-state index contributed by atoms with van der Waals surface area (Å²) in [4.78, 5) is 14.2. The first-order valence-corrected chi connectivity index (χ1v) is 10.2. The summed E-state index contributed by atoms with van der Waals surface area (Å²) >= 11 is 0. The number of aryl methyl sites for hydroxylation is 2. The molecule has 9 heteroatoms. The molecule has 1 N–H and O–H groups in total. The number of sulfonamides is 1. The molecule has 27 heavy (non-hydrogen) atoms. The van der Waals surface area contributed by atoms with Crippen LogP contribution < -0.4 is 4.72 Å². The molecule has 1 aliphatic rings. The third kappa shape index (κ3) is 4.54. The highest BCUT2D eigenvalue weighted by Crippen LogP contribution is 2.21. The topological polar surface area (TPSA) is 92.5 Å². The summed E-state index contributed by atoms with van der Waals surface area (Å²) in [6.07, 6.45) is 1.26. The Labute approximate surface area is 157 Å². The van der Waals surface area contributed by atoms with E-state index in [0.29, 0.717) is 31.6 Å². The number of hydrogen-bond donors (Lipinski definition) is 1. The lowest BCUT2D eigenvalue weighted by atomic mass is 10.0. The minimum Gasteiger partial charge on any atom is -0.360 e. The van der Waals surface area contributed by atoms with Gasteiger partial charge < -0.3 is 9.42 Å². The second kappa shape index (κ2) is 7.77. The van der Waals surface area contributed by atoms with Gasteiger partial charge in [-0.1, -0.05) is 17.3 Å². The summed E-state index contributed by atoms with van der Waals surface area (Å²) in [5, 5.41) is 3.69. The van der Waals surface area contributed by atoms with Crippen LogP contribution in [0.3, 0.4) is 0 Å². The first-order valence-electron chi connectivity index (χ1n) is 8.73. The molecule has 1 aromatic heterocycles. The van der Waals surface area contributed by atoms with Crippen molar-refractivity contribution in [3.05, 3.63) is 47.1 Å². The Kier molecular flexibility index (Phi) is 5.61. The fourth-order valence-corrected chi connectivity index (χ4v) is 4.91. The van der Waals surface area contributed by atoms with Crippen LogP contribution in [-0.4, -0.2) is 43.5 Å². The van der Waals surface area contributed by atoms with E-state index in [2.05, 4.69) is 9.88 Å². The number of halogens is 1. The average molecular weight is 395 g/mol. The number of nitrogens with one attached hydrogen (secondary N) is 1. The van der Waals surface area contributed by atoms with E-state index in [1.165, 1.54) is 12.1 Å². The van der Waals surface area contributed by atoms with Gasteiger partial charge in [0.2, 0.25) is 15.9 Å².